The maximum atomic E-state index is 14.8. The first-order valence-electron chi connectivity index (χ1n) is 9.10. The molecular formula is C22H23F2N2O3P. The van der Waals surface area contributed by atoms with E-state index < -0.39 is 23.8 Å². The topological polar surface area (TPSA) is 75.8 Å². The number of hydrogen-bond acceptors (Lipinski definition) is 4. The van der Waals surface area contributed by atoms with Crippen molar-refractivity contribution in [3.63, 3.8) is 0 Å². The van der Waals surface area contributed by atoms with Crippen molar-refractivity contribution in [1.29, 1.82) is 0 Å². The van der Waals surface area contributed by atoms with E-state index in [9.17, 15) is 18.7 Å². The highest BCUT2D eigenvalue weighted by atomic mass is 31.0. The van der Waals surface area contributed by atoms with Crippen LogP contribution in [0.2, 0.25) is 0 Å². The fourth-order valence-electron chi connectivity index (χ4n) is 3.69. The lowest BCUT2D eigenvalue weighted by molar-refractivity contribution is -0.119. The highest BCUT2D eigenvalue weighted by molar-refractivity contribution is 7.18. The van der Waals surface area contributed by atoms with Gasteiger partial charge in [0.15, 0.2) is 12.2 Å². The summed E-state index contributed by atoms with van der Waals surface area (Å²) in [6.45, 7) is 3.41. The fourth-order valence-corrected chi connectivity index (χ4v) is 4.00. The minimum Gasteiger partial charge on any atom is -0.484 e. The molecule has 0 radical (unpaired) electrons. The largest absolute Gasteiger partial charge is 0.484 e. The number of nitrogens with two attached hydrogens (primary N) is 1. The number of carbonyl (C=O) groups is 1. The van der Waals surface area contributed by atoms with E-state index in [4.69, 9.17) is 10.5 Å². The predicted molar refractivity (Wildman–Crippen MR) is 116 cm³/mol. The molecule has 2 unspecified atom stereocenters. The molecule has 2 aromatic rings. The van der Waals surface area contributed by atoms with Gasteiger partial charge in [-0.1, -0.05) is 46.2 Å². The average Bonchev–Trinajstić information content (AvgIpc) is 2.94. The maximum Gasteiger partial charge on any atom is 0.295 e. The second kappa shape index (κ2) is 7.82. The molecule has 2 aromatic carbocycles. The number of carbonyl (C=O) groups excluding carboxylic acids is 1. The Bertz CT molecular complexity index is 1050. The van der Waals surface area contributed by atoms with Gasteiger partial charge < -0.3 is 20.5 Å². The standard InChI is InChI=1S/C22H23F2N2O3P/c1-4-13(11-26(2)3)16-9-14(29-12-19(25)27)10-18-20(16)15-7-5-6-8-17(15)21(18,28)22(23,24)30/h4-11,28H,1,12,30H2,2-3H3,(H2,25,27)/b13-11+. The van der Waals surface area contributed by atoms with Crippen LogP contribution in [0.3, 0.4) is 0 Å². The molecule has 0 saturated heterocycles. The highest BCUT2D eigenvalue weighted by Crippen LogP contribution is 2.58. The number of alkyl halides is 2. The van der Waals surface area contributed by atoms with Gasteiger partial charge in [-0.05, 0) is 34.4 Å². The zero-order valence-electron chi connectivity index (χ0n) is 16.7. The quantitative estimate of drug-likeness (QED) is 0.520. The summed E-state index contributed by atoms with van der Waals surface area (Å²) in [6, 6.07) is 9.44. The summed E-state index contributed by atoms with van der Waals surface area (Å²) < 4.78 is 35.0. The molecule has 0 bridgehead atoms. The van der Waals surface area contributed by atoms with Crippen molar-refractivity contribution < 1.29 is 23.4 Å². The molecule has 0 saturated carbocycles. The van der Waals surface area contributed by atoms with Crippen LogP contribution in [-0.2, 0) is 10.4 Å². The Balaban J connectivity index is 2.40. The number of aliphatic hydroxyl groups is 1. The van der Waals surface area contributed by atoms with Gasteiger partial charge in [0.05, 0.1) is 0 Å². The Labute approximate surface area is 176 Å². The van der Waals surface area contributed by atoms with Crippen LogP contribution in [0.15, 0.2) is 55.3 Å². The monoisotopic (exact) mass is 432 g/mol. The van der Waals surface area contributed by atoms with Crippen molar-refractivity contribution >= 4 is 20.7 Å². The third kappa shape index (κ3) is 3.59. The Kier molecular flexibility index (Phi) is 5.72. The summed E-state index contributed by atoms with van der Waals surface area (Å²) in [6.07, 6.45) is 3.37. The number of hydrogen-bond donors (Lipinski definition) is 2. The van der Waals surface area contributed by atoms with Crippen LogP contribution >= 0.6 is 9.24 Å². The predicted octanol–water partition coefficient (Wildman–Crippen LogP) is 3.32. The first-order chi connectivity index (χ1) is 14.0. The van der Waals surface area contributed by atoms with Gasteiger partial charge in [-0.15, -0.1) is 0 Å². The normalized spacial score (nSPS) is 17.9. The Morgan fingerprint density at radius 1 is 1.33 bits per heavy atom. The number of amides is 1. The van der Waals surface area contributed by atoms with E-state index >= 15 is 0 Å². The third-order valence-corrected chi connectivity index (χ3v) is 5.30. The Morgan fingerprint density at radius 2 is 2.00 bits per heavy atom. The summed E-state index contributed by atoms with van der Waals surface area (Å²) in [4.78, 5) is 13.0. The van der Waals surface area contributed by atoms with Gasteiger partial charge in [0.25, 0.3) is 11.6 Å². The zero-order chi connectivity index (χ0) is 22.3. The second-order valence-corrected chi connectivity index (χ2v) is 8.00. The second-order valence-electron chi connectivity index (χ2n) is 7.28. The van der Waals surface area contributed by atoms with Crippen molar-refractivity contribution in [2.45, 2.75) is 11.3 Å². The number of rotatable bonds is 7. The van der Waals surface area contributed by atoms with Crippen LogP contribution in [0.25, 0.3) is 16.7 Å². The molecule has 158 valence electrons. The highest BCUT2D eigenvalue weighted by Gasteiger charge is 2.57. The van der Waals surface area contributed by atoms with Crippen LogP contribution in [0, 0.1) is 0 Å². The summed E-state index contributed by atoms with van der Waals surface area (Å²) in [7, 11) is 5.06. The summed E-state index contributed by atoms with van der Waals surface area (Å²) in [5.74, 6) is -0.575. The number of primary amides is 1. The van der Waals surface area contributed by atoms with Gasteiger partial charge in [0, 0.05) is 31.4 Å². The van der Waals surface area contributed by atoms with Crippen molar-refractivity contribution in [3.05, 3.63) is 71.9 Å². The minimum absolute atomic E-state index is 0.0211. The molecule has 3 N–H and O–H groups in total. The molecule has 3 rings (SSSR count). The molecule has 0 heterocycles. The molecule has 0 aromatic heterocycles. The van der Waals surface area contributed by atoms with Gasteiger partial charge in [0.2, 0.25) is 0 Å². The van der Waals surface area contributed by atoms with Crippen molar-refractivity contribution in [3.8, 4) is 16.9 Å². The molecule has 0 fully saturated rings. The van der Waals surface area contributed by atoms with Crippen molar-refractivity contribution in [2.75, 3.05) is 20.7 Å². The van der Waals surface area contributed by atoms with E-state index in [1.54, 1.807) is 41.4 Å². The first-order valence-corrected chi connectivity index (χ1v) is 9.68. The molecule has 8 heteroatoms. The number of halogens is 2. The van der Waals surface area contributed by atoms with E-state index in [1.165, 1.54) is 21.4 Å². The lowest BCUT2D eigenvalue weighted by atomic mass is 9.89. The van der Waals surface area contributed by atoms with Gasteiger partial charge in [-0.25, -0.2) is 0 Å². The van der Waals surface area contributed by atoms with Crippen molar-refractivity contribution in [2.24, 2.45) is 5.73 Å². The van der Waals surface area contributed by atoms with E-state index in [-0.39, 0.29) is 16.9 Å². The van der Waals surface area contributed by atoms with Crippen LogP contribution in [0.4, 0.5) is 8.78 Å². The molecule has 30 heavy (non-hydrogen) atoms. The van der Waals surface area contributed by atoms with E-state index in [0.29, 0.717) is 22.3 Å². The molecule has 0 spiro atoms. The Morgan fingerprint density at radius 3 is 2.57 bits per heavy atom. The number of nitrogens with zero attached hydrogens (tertiary/aromatic N) is 1. The minimum atomic E-state index is -3.58. The van der Waals surface area contributed by atoms with Crippen LogP contribution in [0.5, 0.6) is 5.75 Å². The lowest BCUT2D eigenvalue weighted by Gasteiger charge is -2.32. The van der Waals surface area contributed by atoms with E-state index in [2.05, 4.69) is 6.58 Å². The smallest absolute Gasteiger partial charge is 0.295 e. The van der Waals surface area contributed by atoms with E-state index in [0.717, 1.165) is 0 Å². The third-order valence-electron chi connectivity index (χ3n) is 4.88. The molecule has 1 aliphatic carbocycles. The van der Waals surface area contributed by atoms with Gasteiger partial charge in [-0.2, -0.15) is 8.78 Å². The summed E-state index contributed by atoms with van der Waals surface area (Å²) >= 11 is 0. The molecule has 2 atom stereocenters. The number of benzene rings is 2. The number of fused-ring (bicyclic) bond motifs is 3. The SMILES string of the molecule is C=C/C(=C\N(C)C)c1cc(OCC(N)=O)cc2c1-c1ccccc1C2(O)C(F)(F)P. The fraction of sp³-hybridized carbons (Fsp3) is 0.227. The van der Waals surface area contributed by atoms with Gasteiger partial charge in [0.1, 0.15) is 5.75 Å². The van der Waals surface area contributed by atoms with Crippen LogP contribution < -0.4 is 10.5 Å². The molecule has 1 aliphatic rings. The molecule has 1 amide bonds. The number of allylic oxidation sites excluding steroid dienone is 2. The molecule has 5 nitrogen and oxygen atoms in total. The van der Waals surface area contributed by atoms with Gasteiger partial charge in [-0.3, -0.25) is 4.79 Å². The molecule has 0 aliphatic heterocycles. The van der Waals surface area contributed by atoms with Crippen molar-refractivity contribution in [1.82, 2.24) is 4.90 Å². The van der Waals surface area contributed by atoms with Crippen LogP contribution in [-0.4, -0.2) is 42.3 Å². The maximum absolute atomic E-state index is 14.8. The summed E-state index contributed by atoms with van der Waals surface area (Å²) in [5, 5.41) is 11.3. The first kappa shape index (κ1) is 21.9. The van der Waals surface area contributed by atoms with E-state index in [1.807, 2.05) is 14.1 Å². The average molecular weight is 432 g/mol. The van der Waals surface area contributed by atoms with Crippen LogP contribution in [0.1, 0.15) is 16.7 Å². The molecular weight excluding hydrogens is 409 g/mol. The van der Waals surface area contributed by atoms with Gasteiger partial charge >= 0.3 is 0 Å². The lowest BCUT2D eigenvalue weighted by Crippen LogP contribution is -2.40. The summed E-state index contributed by atoms with van der Waals surface area (Å²) in [5.41, 5.74) is 1.16. The zero-order valence-corrected chi connectivity index (χ0v) is 17.8. The Hall–Kier alpha value is -2.76. The number of ether oxygens (including phenoxy) is 1.